The number of nitrogens with one attached hydrogen (secondary N) is 2. The van der Waals surface area contributed by atoms with E-state index in [1.807, 2.05) is 13.8 Å². The molecule has 2 rings (SSSR count). The van der Waals surface area contributed by atoms with Gasteiger partial charge in [-0.15, -0.1) is 11.3 Å². The van der Waals surface area contributed by atoms with Crippen LogP contribution in [0.2, 0.25) is 0 Å². The Morgan fingerprint density at radius 2 is 2.00 bits per heavy atom. The quantitative estimate of drug-likeness (QED) is 0.684. The van der Waals surface area contributed by atoms with E-state index in [2.05, 4.69) is 16.7 Å². The van der Waals surface area contributed by atoms with Crippen molar-refractivity contribution in [1.29, 1.82) is 5.26 Å². The number of amides is 2. The van der Waals surface area contributed by atoms with Gasteiger partial charge in [0.15, 0.2) is 0 Å². The molecule has 7 heteroatoms. The molecule has 0 atom stereocenters. The molecule has 0 radical (unpaired) electrons. The third-order valence-corrected chi connectivity index (χ3v) is 5.34. The van der Waals surface area contributed by atoms with E-state index < -0.39 is 11.4 Å². The van der Waals surface area contributed by atoms with Gasteiger partial charge in [-0.25, -0.2) is 0 Å². The van der Waals surface area contributed by atoms with E-state index in [-0.39, 0.29) is 18.9 Å². The van der Waals surface area contributed by atoms with Crippen molar-refractivity contribution in [1.82, 2.24) is 5.32 Å². The SMILES string of the molecule is CC(C)(CC(N)=O)NCC(=O)Nc1sc2c(c1C#N)CCCCC2. The Bertz CT molecular complexity index is 673. The maximum absolute atomic E-state index is 12.2. The van der Waals surface area contributed by atoms with E-state index in [0.717, 1.165) is 31.2 Å². The molecule has 0 saturated carbocycles. The maximum Gasteiger partial charge on any atom is 0.238 e. The first-order valence-corrected chi connectivity index (χ1v) is 9.02. The van der Waals surface area contributed by atoms with E-state index in [4.69, 9.17) is 5.73 Å². The van der Waals surface area contributed by atoms with Crippen LogP contribution in [-0.2, 0) is 22.4 Å². The fraction of sp³-hybridized carbons (Fsp3) is 0.588. The van der Waals surface area contributed by atoms with Gasteiger partial charge in [0, 0.05) is 16.8 Å². The zero-order valence-corrected chi connectivity index (χ0v) is 15.0. The number of carbonyl (C=O) groups is 2. The Balaban J connectivity index is 2.02. The van der Waals surface area contributed by atoms with Crippen LogP contribution in [0.4, 0.5) is 5.00 Å². The van der Waals surface area contributed by atoms with Gasteiger partial charge in [-0.2, -0.15) is 5.26 Å². The lowest BCUT2D eigenvalue weighted by Crippen LogP contribution is -2.46. The molecule has 4 N–H and O–H groups in total. The molecule has 130 valence electrons. The van der Waals surface area contributed by atoms with Gasteiger partial charge in [-0.05, 0) is 45.1 Å². The highest BCUT2D eigenvalue weighted by Gasteiger charge is 2.23. The molecule has 0 aromatic carbocycles. The van der Waals surface area contributed by atoms with Crippen LogP contribution < -0.4 is 16.4 Å². The van der Waals surface area contributed by atoms with Crippen LogP contribution in [0.25, 0.3) is 0 Å². The van der Waals surface area contributed by atoms with Crippen molar-refractivity contribution in [3.8, 4) is 6.07 Å². The predicted molar refractivity (Wildman–Crippen MR) is 94.8 cm³/mol. The van der Waals surface area contributed by atoms with E-state index >= 15 is 0 Å². The molecule has 0 unspecified atom stereocenters. The Morgan fingerprint density at radius 1 is 1.29 bits per heavy atom. The number of nitrogens with zero attached hydrogens (tertiary/aromatic N) is 1. The molecule has 1 aliphatic carbocycles. The highest BCUT2D eigenvalue weighted by Crippen LogP contribution is 2.36. The van der Waals surface area contributed by atoms with Crippen molar-refractivity contribution in [2.45, 2.75) is 57.9 Å². The summed E-state index contributed by atoms with van der Waals surface area (Å²) in [5, 5.41) is 16.0. The third-order valence-electron chi connectivity index (χ3n) is 4.13. The van der Waals surface area contributed by atoms with Gasteiger partial charge in [-0.1, -0.05) is 6.42 Å². The van der Waals surface area contributed by atoms with Gasteiger partial charge in [0.2, 0.25) is 11.8 Å². The minimum Gasteiger partial charge on any atom is -0.370 e. The van der Waals surface area contributed by atoms with Crippen LogP contribution in [0.5, 0.6) is 0 Å². The normalized spacial score (nSPS) is 14.4. The summed E-state index contributed by atoms with van der Waals surface area (Å²) >= 11 is 1.52. The van der Waals surface area contributed by atoms with Crippen molar-refractivity contribution >= 4 is 28.2 Å². The summed E-state index contributed by atoms with van der Waals surface area (Å²) in [6.45, 7) is 3.70. The Kier molecular flexibility index (Phi) is 5.97. The summed E-state index contributed by atoms with van der Waals surface area (Å²) < 4.78 is 0. The first kappa shape index (κ1) is 18.4. The first-order valence-electron chi connectivity index (χ1n) is 8.20. The van der Waals surface area contributed by atoms with Crippen molar-refractivity contribution in [3.63, 3.8) is 0 Å². The fourth-order valence-electron chi connectivity index (χ4n) is 2.94. The Hall–Kier alpha value is -1.91. The molecule has 24 heavy (non-hydrogen) atoms. The molecule has 0 spiro atoms. The number of fused-ring (bicyclic) bond motifs is 1. The molecule has 1 aromatic rings. The number of anilines is 1. The molecule has 0 saturated heterocycles. The van der Waals surface area contributed by atoms with Crippen molar-refractivity contribution < 1.29 is 9.59 Å². The minimum atomic E-state index is -0.548. The zero-order valence-electron chi connectivity index (χ0n) is 14.2. The largest absolute Gasteiger partial charge is 0.370 e. The van der Waals surface area contributed by atoms with Gasteiger partial charge in [-0.3, -0.25) is 9.59 Å². The second kappa shape index (κ2) is 7.77. The lowest BCUT2D eigenvalue weighted by Gasteiger charge is -2.24. The second-order valence-corrected chi connectivity index (χ2v) is 7.91. The van der Waals surface area contributed by atoms with Crippen molar-refractivity contribution in [3.05, 3.63) is 16.0 Å². The summed E-state index contributed by atoms with van der Waals surface area (Å²) in [7, 11) is 0. The van der Waals surface area contributed by atoms with E-state index in [1.54, 1.807) is 0 Å². The van der Waals surface area contributed by atoms with Crippen molar-refractivity contribution in [2.75, 3.05) is 11.9 Å². The van der Waals surface area contributed by atoms with Gasteiger partial charge < -0.3 is 16.4 Å². The van der Waals surface area contributed by atoms with Gasteiger partial charge in [0.1, 0.15) is 11.1 Å². The molecule has 1 aliphatic rings. The van der Waals surface area contributed by atoms with E-state index in [0.29, 0.717) is 10.6 Å². The second-order valence-electron chi connectivity index (χ2n) is 6.81. The lowest BCUT2D eigenvalue weighted by atomic mass is 10.0. The van der Waals surface area contributed by atoms with Crippen LogP contribution in [-0.4, -0.2) is 23.9 Å². The van der Waals surface area contributed by atoms with Crippen LogP contribution in [0.3, 0.4) is 0 Å². The number of thiophene rings is 1. The zero-order chi connectivity index (χ0) is 17.7. The van der Waals surface area contributed by atoms with E-state index in [1.165, 1.54) is 22.6 Å². The van der Waals surface area contributed by atoms with Crippen LogP contribution in [0, 0.1) is 11.3 Å². The highest BCUT2D eigenvalue weighted by molar-refractivity contribution is 7.16. The Labute approximate surface area is 146 Å². The van der Waals surface area contributed by atoms with Crippen molar-refractivity contribution in [2.24, 2.45) is 5.73 Å². The Morgan fingerprint density at radius 3 is 2.67 bits per heavy atom. The summed E-state index contributed by atoms with van der Waals surface area (Å²) in [4.78, 5) is 24.4. The third kappa shape index (κ3) is 4.79. The summed E-state index contributed by atoms with van der Waals surface area (Å²) in [5.41, 5.74) is 6.37. The number of carbonyl (C=O) groups excluding carboxylic acids is 2. The number of rotatable bonds is 6. The number of primary amides is 1. The number of hydrogen-bond acceptors (Lipinski definition) is 5. The van der Waals surface area contributed by atoms with Gasteiger partial charge >= 0.3 is 0 Å². The molecular formula is C17H24N4O2S. The molecule has 1 aromatic heterocycles. The monoisotopic (exact) mass is 348 g/mol. The van der Waals surface area contributed by atoms with E-state index in [9.17, 15) is 14.9 Å². The number of aryl methyl sites for hydroxylation is 1. The average Bonchev–Trinajstić information content (AvgIpc) is 2.65. The van der Waals surface area contributed by atoms with Crippen LogP contribution >= 0.6 is 11.3 Å². The fourth-order valence-corrected chi connectivity index (χ4v) is 4.19. The molecule has 6 nitrogen and oxygen atoms in total. The highest BCUT2D eigenvalue weighted by atomic mass is 32.1. The number of nitrogens with two attached hydrogens (primary N) is 1. The standard InChI is InChI=1S/C17H24N4O2S/c1-17(2,8-14(19)22)20-10-15(23)21-16-12(9-18)11-6-4-3-5-7-13(11)24-16/h20H,3-8,10H2,1-2H3,(H2,19,22)(H,21,23). The first-order chi connectivity index (χ1) is 11.3. The summed E-state index contributed by atoms with van der Waals surface area (Å²) in [5.74, 6) is -0.637. The molecule has 0 bridgehead atoms. The van der Waals surface area contributed by atoms with Gasteiger partial charge in [0.05, 0.1) is 12.1 Å². The van der Waals surface area contributed by atoms with Crippen LogP contribution in [0.15, 0.2) is 0 Å². The maximum atomic E-state index is 12.2. The molecule has 0 aliphatic heterocycles. The molecule has 2 amide bonds. The number of hydrogen-bond donors (Lipinski definition) is 3. The lowest BCUT2D eigenvalue weighted by molar-refractivity contribution is -0.120. The smallest absolute Gasteiger partial charge is 0.238 e. The predicted octanol–water partition coefficient (Wildman–Crippen LogP) is 2.07. The number of nitriles is 1. The molecule has 0 fully saturated rings. The van der Waals surface area contributed by atoms with Gasteiger partial charge in [0.25, 0.3) is 0 Å². The average molecular weight is 348 g/mol. The molecular weight excluding hydrogens is 324 g/mol. The topological polar surface area (TPSA) is 108 Å². The molecule has 1 heterocycles. The summed E-state index contributed by atoms with van der Waals surface area (Å²) in [6.07, 6.45) is 5.45. The van der Waals surface area contributed by atoms with Crippen LogP contribution in [0.1, 0.15) is 55.5 Å². The summed E-state index contributed by atoms with van der Waals surface area (Å²) in [6, 6.07) is 2.25. The minimum absolute atomic E-state index is 0.0632.